The second-order valence-electron chi connectivity index (χ2n) is 9.90. The molecule has 2 saturated carbocycles. The highest BCUT2D eigenvalue weighted by molar-refractivity contribution is 14.0. The Morgan fingerprint density at radius 2 is 1.94 bits per heavy atom. The standard InChI is InChI=1S/C25H38N4O.HI/c1-3-26-24(28-22-21-11-16-30-23(21)25(22)12-6-13-25)27-20-9-14-29(15-10-20)17-19-8-5-4-7-18(19)2;/h4-5,7-8,20-23H,3,6,9-17H2,1-2H3,(H2,26,27,28);1H. The van der Waals surface area contributed by atoms with E-state index in [-0.39, 0.29) is 24.0 Å². The third-order valence-corrected chi connectivity index (χ3v) is 8.23. The van der Waals surface area contributed by atoms with E-state index >= 15 is 0 Å². The molecule has 1 aromatic rings. The van der Waals surface area contributed by atoms with Crippen LogP contribution in [-0.4, -0.2) is 55.3 Å². The van der Waals surface area contributed by atoms with E-state index in [9.17, 15) is 0 Å². The van der Waals surface area contributed by atoms with Gasteiger partial charge in [-0.25, -0.2) is 0 Å². The van der Waals surface area contributed by atoms with Crippen LogP contribution in [0.15, 0.2) is 29.3 Å². The summed E-state index contributed by atoms with van der Waals surface area (Å²) in [5.41, 5.74) is 3.26. The van der Waals surface area contributed by atoms with Crippen molar-refractivity contribution in [1.29, 1.82) is 0 Å². The van der Waals surface area contributed by atoms with Crippen LogP contribution in [0.2, 0.25) is 0 Å². The average molecular weight is 539 g/mol. The summed E-state index contributed by atoms with van der Waals surface area (Å²) in [5, 5.41) is 7.66. The first-order valence-corrected chi connectivity index (χ1v) is 12.2. The molecule has 31 heavy (non-hydrogen) atoms. The minimum atomic E-state index is 0. The minimum Gasteiger partial charge on any atom is -0.377 e. The van der Waals surface area contributed by atoms with E-state index < -0.39 is 0 Å². The Bertz CT molecular complexity index is 773. The Kier molecular flexibility index (Phi) is 7.48. The molecule has 2 heterocycles. The predicted octanol–water partition coefficient (Wildman–Crippen LogP) is 4.09. The molecule has 0 radical (unpaired) electrons. The van der Waals surface area contributed by atoms with E-state index in [2.05, 4.69) is 53.6 Å². The quantitative estimate of drug-likeness (QED) is 0.337. The lowest BCUT2D eigenvalue weighted by molar-refractivity contribution is -0.171. The molecule has 0 amide bonds. The molecule has 0 bridgehead atoms. The number of fused-ring (bicyclic) bond motifs is 2. The molecule has 4 aliphatic rings. The van der Waals surface area contributed by atoms with Gasteiger partial charge in [0.1, 0.15) is 0 Å². The Labute approximate surface area is 204 Å². The van der Waals surface area contributed by atoms with Gasteiger partial charge in [-0.05, 0) is 57.1 Å². The van der Waals surface area contributed by atoms with Gasteiger partial charge in [-0.15, -0.1) is 24.0 Å². The molecule has 6 heteroatoms. The van der Waals surface area contributed by atoms with Crippen molar-refractivity contribution in [2.45, 2.75) is 77.1 Å². The van der Waals surface area contributed by atoms with Gasteiger partial charge < -0.3 is 15.4 Å². The van der Waals surface area contributed by atoms with Crippen LogP contribution < -0.4 is 10.6 Å². The maximum Gasteiger partial charge on any atom is 0.191 e. The number of aliphatic imine (C=N–C) groups is 1. The van der Waals surface area contributed by atoms with Crippen molar-refractivity contribution in [2.24, 2.45) is 16.3 Å². The van der Waals surface area contributed by atoms with Crippen molar-refractivity contribution in [3.8, 4) is 0 Å². The molecule has 3 atom stereocenters. The zero-order valence-corrected chi connectivity index (χ0v) is 21.4. The van der Waals surface area contributed by atoms with Gasteiger partial charge >= 0.3 is 0 Å². The predicted molar refractivity (Wildman–Crippen MR) is 137 cm³/mol. The van der Waals surface area contributed by atoms with E-state index in [1.807, 2.05) is 0 Å². The largest absolute Gasteiger partial charge is 0.377 e. The summed E-state index contributed by atoms with van der Waals surface area (Å²) < 4.78 is 6.09. The van der Waals surface area contributed by atoms with Crippen LogP contribution in [0.5, 0.6) is 0 Å². The average Bonchev–Trinajstić information content (AvgIpc) is 3.13. The third kappa shape index (κ3) is 4.49. The highest BCUT2D eigenvalue weighted by Crippen LogP contribution is 2.62. The van der Waals surface area contributed by atoms with E-state index in [1.54, 1.807) is 0 Å². The first-order chi connectivity index (χ1) is 14.7. The van der Waals surface area contributed by atoms with Gasteiger partial charge in [0, 0.05) is 56.2 Å². The van der Waals surface area contributed by atoms with Crippen molar-refractivity contribution in [1.82, 2.24) is 15.5 Å². The van der Waals surface area contributed by atoms with Crippen LogP contribution in [0.1, 0.15) is 56.6 Å². The number of nitrogens with one attached hydrogen (secondary N) is 2. The number of hydrogen-bond acceptors (Lipinski definition) is 3. The number of piperidine rings is 1. The fourth-order valence-corrected chi connectivity index (χ4v) is 6.35. The van der Waals surface area contributed by atoms with Crippen molar-refractivity contribution in [3.63, 3.8) is 0 Å². The minimum absolute atomic E-state index is 0. The molecule has 1 spiro atoms. The number of likely N-dealkylation sites (tertiary alicyclic amines) is 1. The number of nitrogens with zero attached hydrogens (tertiary/aromatic N) is 2. The Morgan fingerprint density at radius 1 is 1.16 bits per heavy atom. The van der Waals surface area contributed by atoms with Gasteiger partial charge in [0.2, 0.25) is 0 Å². The third-order valence-electron chi connectivity index (χ3n) is 8.23. The summed E-state index contributed by atoms with van der Waals surface area (Å²) in [6.07, 6.45) is 8.09. The molecule has 2 N–H and O–H groups in total. The Hall–Kier alpha value is -0.860. The lowest BCUT2D eigenvalue weighted by Crippen LogP contribution is -2.72. The number of guanidine groups is 1. The Balaban J connectivity index is 0.00000231. The number of halogens is 1. The number of aryl methyl sites for hydroxylation is 1. The topological polar surface area (TPSA) is 48.9 Å². The lowest BCUT2D eigenvalue weighted by Gasteiger charge is -2.63. The number of rotatable bonds is 5. The van der Waals surface area contributed by atoms with Crippen molar-refractivity contribution < 1.29 is 4.74 Å². The normalized spacial score (nSPS) is 30.1. The van der Waals surface area contributed by atoms with Crippen molar-refractivity contribution >= 4 is 29.9 Å². The molecule has 1 aromatic carbocycles. The molecule has 4 fully saturated rings. The summed E-state index contributed by atoms with van der Waals surface area (Å²) in [5.74, 6) is 1.72. The molecule has 172 valence electrons. The van der Waals surface area contributed by atoms with E-state index in [4.69, 9.17) is 9.73 Å². The lowest BCUT2D eigenvalue weighted by atomic mass is 9.46. The van der Waals surface area contributed by atoms with Gasteiger partial charge in [-0.3, -0.25) is 9.89 Å². The second-order valence-corrected chi connectivity index (χ2v) is 9.90. The van der Waals surface area contributed by atoms with Gasteiger partial charge in [0.15, 0.2) is 5.96 Å². The smallest absolute Gasteiger partial charge is 0.191 e. The molecule has 2 aliphatic heterocycles. The molecule has 5 rings (SSSR count). The van der Waals surface area contributed by atoms with E-state index in [0.717, 1.165) is 38.7 Å². The first-order valence-electron chi connectivity index (χ1n) is 12.2. The van der Waals surface area contributed by atoms with E-state index in [1.165, 1.54) is 49.7 Å². The summed E-state index contributed by atoms with van der Waals surface area (Å²) in [4.78, 5) is 7.41. The van der Waals surface area contributed by atoms with E-state index in [0.29, 0.717) is 29.5 Å². The molecular weight excluding hydrogens is 499 g/mol. The zero-order valence-electron chi connectivity index (χ0n) is 19.1. The zero-order chi connectivity index (χ0) is 20.6. The highest BCUT2D eigenvalue weighted by Gasteiger charge is 2.66. The number of hydrogen-bond donors (Lipinski definition) is 2. The number of benzene rings is 1. The van der Waals surface area contributed by atoms with Crippen LogP contribution >= 0.6 is 24.0 Å². The summed E-state index contributed by atoms with van der Waals surface area (Å²) in [6, 6.07) is 9.85. The van der Waals surface area contributed by atoms with Gasteiger partial charge in [-0.1, -0.05) is 30.7 Å². The summed E-state index contributed by atoms with van der Waals surface area (Å²) >= 11 is 0. The molecule has 3 unspecified atom stereocenters. The summed E-state index contributed by atoms with van der Waals surface area (Å²) in [6.45, 7) is 9.50. The maximum atomic E-state index is 6.09. The van der Waals surface area contributed by atoms with Crippen LogP contribution in [-0.2, 0) is 11.3 Å². The fourth-order valence-electron chi connectivity index (χ4n) is 6.35. The fraction of sp³-hybridized carbons (Fsp3) is 0.720. The summed E-state index contributed by atoms with van der Waals surface area (Å²) in [7, 11) is 0. The van der Waals surface area contributed by atoms with Crippen molar-refractivity contribution in [2.75, 3.05) is 26.2 Å². The first kappa shape index (κ1) is 23.3. The second kappa shape index (κ2) is 9.96. The highest BCUT2D eigenvalue weighted by atomic mass is 127. The molecular formula is C25H39IN4O. The van der Waals surface area contributed by atoms with Crippen molar-refractivity contribution in [3.05, 3.63) is 35.4 Å². The molecule has 5 nitrogen and oxygen atoms in total. The maximum absolute atomic E-state index is 6.09. The van der Waals surface area contributed by atoms with Crippen LogP contribution in [0.4, 0.5) is 0 Å². The van der Waals surface area contributed by atoms with Gasteiger partial charge in [-0.2, -0.15) is 0 Å². The monoisotopic (exact) mass is 538 g/mol. The molecule has 0 aromatic heterocycles. The molecule has 2 saturated heterocycles. The number of ether oxygens (including phenoxy) is 1. The van der Waals surface area contributed by atoms with Gasteiger partial charge in [0.05, 0.1) is 6.10 Å². The Morgan fingerprint density at radius 3 is 2.61 bits per heavy atom. The van der Waals surface area contributed by atoms with Crippen LogP contribution in [0.25, 0.3) is 0 Å². The SMILES string of the molecule is CCN=C(NC1CCN(Cc2ccccc2C)CC1)NC1C2CCOC2C12CCC2.I. The molecule has 2 aliphatic carbocycles. The van der Waals surface area contributed by atoms with Crippen LogP contribution in [0.3, 0.4) is 0 Å². The van der Waals surface area contributed by atoms with Crippen LogP contribution in [0, 0.1) is 18.3 Å². The van der Waals surface area contributed by atoms with Gasteiger partial charge in [0.25, 0.3) is 0 Å².